The first-order valence-electron chi connectivity index (χ1n) is 20.6. The summed E-state index contributed by atoms with van der Waals surface area (Å²) in [5.74, 6) is -3.66. The maximum atomic E-state index is 13.3. The highest BCUT2D eigenvalue weighted by Crippen LogP contribution is 2.51. The lowest BCUT2D eigenvalue weighted by atomic mass is 9.69. The van der Waals surface area contributed by atoms with Crippen molar-refractivity contribution in [2.24, 2.45) is 0 Å². The van der Waals surface area contributed by atoms with Crippen molar-refractivity contribution in [1.29, 1.82) is 0 Å². The highest BCUT2D eigenvalue weighted by atomic mass is 16.5. The molecule has 5 heterocycles. The number of carbonyl (C=O) groups excluding carboxylic acids is 6. The molecule has 3 aromatic rings. The van der Waals surface area contributed by atoms with Crippen molar-refractivity contribution >= 4 is 57.9 Å². The number of esters is 6. The summed E-state index contributed by atoms with van der Waals surface area (Å²) in [4.78, 5) is 94.7. The summed E-state index contributed by atoms with van der Waals surface area (Å²) in [6, 6.07) is 7.56. The molecule has 0 unspecified atom stereocenters. The summed E-state index contributed by atoms with van der Waals surface area (Å²) < 4.78 is 30.6. The van der Waals surface area contributed by atoms with Crippen LogP contribution in [-0.2, 0) is 80.9 Å². The van der Waals surface area contributed by atoms with Gasteiger partial charge in [-0.3, -0.25) is 38.7 Å². The second-order valence-corrected chi connectivity index (χ2v) is 16.4. The molecule has 3 aromatic heterocycles. The van der Waals surface area contributed by atoms with Crippen LogP contribution in [0.2, 0.25) is 0 Å². The third-order valence-corrected chi connectivity index (χ3v) is 12.8. The molecule has 0 aromatic carbocycles. The Labute approximate surface area is 360 Å². The second-order valence-electron chi connectivity index (χ2n) is 16.4. The average Bonchev–Trinajstić information content (AvgIpc) is 3.88. The summed E-state index contributed by atoms with van der Waals surface area (Å²) in [5.41, 5.74) is 6.16. The largest absolute Gasteiger partial charge is 0.469 e. The predicted molar refractivity (Wildman–Crippen MR) is 227 cm³/mol. The third kappa shape index (κ3) is 9.84. The molecule has 0 saturated heterocycles. The maximum Gasteiger partial charge on any atom is 0.306 e. The van der Waals surface area contributed by atoms with E-state index in [4.69, 9.17) is 38.4 Å². The summed E-state index contributed by atoms with van der Waals surface area (Å²) >= 11 is 0. The molecule has 16 nitrogen and oxygen atoms in total. The number of aromatic amines is 2. The number of nitrogens with zero attached hydrogens (tertiary/aromatic N) is 2. The molecular weight excluding hydrogens is 801 g/mol. The van der Waals surface area contributed by atoms with Crippen molar-refractivity contribution in [3.63, 3.8) is 0 Å². The zero-order valence-electron chi connectivity index (χ0n) is 37.3. The Bertz CT molecular complexity index is 2400. The second kappa shape index (κ2) is 19.8. The van der Waals surface area contributed by atoms with E-state index in [1.807, 2.05) is 52.0 Å². The van der Waals surface area contributed by atoms with Crippen molar-refractivity contribution in [2.75, 3.05) is 42.7 Å². The van der Waals surface area contributed by atoms with Gasteiger partial charge in [-0.05, 0) is 86.1 Å². The van der Waals surface area contributed by atoms with Gasteiger partial charge in [0.05, 0.1) is 55.5 Å². The molecule has 2 aliphatic heterocycles. The molecule has 0 aliphatic carbocycles. The van der Waals surface area contributed by atoms with E-state index in [2.05, 4.69) is 9.97 Å². The van der Waals surface area contributed by atoms with Crippen LogP contribution in [-0.4, -0.2) is 98.4 Å². The van der Waals surface area contributed by atoms with E-state index in [0.29, 0.717) is 57.7 Å². The molecule has 8 bridgehead atoms. The van der Waals surface area contributed by atoms with E-state index >= 15 is 0 Å². The number of aromatic nitrogens is 4. The lowest BCUT2D eigenvalue weighted by molar-refractivity contribution is -0.143. The molecule has 0 radical (unpaired) electrons. The highest BCUT2D eigenvalue weighted by molar-refractivity contribution is 5.81. The fourth-order valence-electron chi connectivity index (χ4n) is 8.96. The zero-order valence-corrected chi connectivity index (χ0v) is 37.3. The minimum absolute atomic E-state index is 0.0156. The molecule has 0 saturated carbocycles. The number of carbonyl (C=O) groups is 6. The summed E-state index contributed by atoms with van der Waals surface area (Å²) in [6.07, 6.45) is 1.23. The van der Waals surface area contributed by atoms with E-state index in [-0.39, 0.29) is 63.3 Å². The molecule has 334 valence electrons. The van der Waals surface area contributed by atoms with Gasteiger partial charge in [0.25, 0.3) is 0 Å². The molecule has 5 rings (SSSR count). The minimum Gasteiger partial charge on any atom is -0.469 e. The van der Waals surface area contributed by atoms with Crippen LogP contribution < -0.4 is 0 Å². The Kier molecular flexibility index (Phi) is 15.0. The van der Waals surface area contributed by atoms with Crippen molar-refractivity contribution in [3.8, 4) is 0 Å². The van der Waals surface area contributed by atoms with Crippen molar-refractivity contribution < 1.29 is 57.2 Å². The fourth-order valence-corrected chi connectivity index (χ4v) is 8.96. The maximum absolute atomic E-state index is 13.3. The van der Waals surface area contributed by atoms with Crippen LogP contribution in [0, 0.1) is 13.8 Å². The van der Waals surface area contributed by atoms with Crippen molar-refractivity contribution in [2.45, 2.75) is 115 Å². The third-order valence-electron chi connectivity index (χ3n) is 12.8. The quantitative estimate of drug-likeness (QED) is 0.120. The van der Waals surface area contributed by atoms with Crippen LogP contribution in [0.5, 0.6) is 0 Å². The molecular formula is C46H58N4O12. The fraction of sp³-hybridized carbons (Fsp3) is 0.522. The van der Waals surface area contributed by atoms with E-state index in [0.717, 1.165) is 22.3 Å². The Morgan fingerprint density at radius 3 is 1.26 bits per heavy atom. The number of H-pyrrole nitrogens is 2. The van der Waals surface area contributed by atoms with Gasteiger partial charge in [-0.2, -0.15) is 0 Å². The molecule has 0 spiro atoms. The van der Waals surface area contributed by atoms with E-state index < -0.39 is 46.5 Å². The first kappa shape index (κ1) is 47.0. The first-order chi connectivity index (χ1) is 29.5. The van der Waals surface area contributed by atoms with Crippen LogP contribution in [0.1, 0.15) is 122 Å². The van der Waals surface area contributed by atoms with Crippen molar-refractivity contribution in [3.05, 3.63) is 69.3 Å². The Hall–Kier alpha value is -6.06. The number of fused-ring (bicyclic) bond motifs is 8. The normalized spacial score (nSPS) is 19.3. The number of nitrogens with one attached hydrogen (secondary N) is 2. The topological polar surface area (TPSA) is 215 Å². The SMILES string of the molecule is COC(=O)CCc1c(C)c2cc3nc(cc4nc(cc5[nH]c(cc1[nH]2)c(CCC(=O)OC)c5C)[C@](C)(CC(=O)OC)[C@@H]4CCC(=O)OC)[C@](C)(CC(=O)OC)[C@@H]3CCC(=O)OC. The van der Waals surface area contributed by atoms with Crippen LogP contribution in [0.15, 0.2) is 24.3 Å². The number of hydrogen-bond acceptors (Lipinski definition) is 14. The lowest BCUT2D eigenvalue weighted by Crippen LogP contribution is -2.32. The molecule has 0 fully saturated rings. The number of aryl methyl sites for hydroxylation is 4. The molecule has 0 amide bonds. The Balaban J connectivity index is 2.00. The van der Waals surface area contributed by atoms with Crippen LogP contribution in [0.25, 0.3) is 22.1 Å². The molecule has 2 aliphatic rings. The Morgan fingerprint density at radius 1 is 0.500 bits per heavy atom. The first-order valence-corrected chi connectivity index (χ1v) is 20.6. The summed E-state index contributed by atoms with van der Waals surface area (Å²) in [5, 5.41) is 0. The molecule has 4 atom stereocenters. The van der Waals surface area contributed by atoms with E-state index in [9.17, 15) is 28.8 Å². The minimum atomic E-state index is -1.04. The van der Waals surface area contributed by atoms with Crippen LogP contribution in [0.4, 0.5) is 0 Å². The molecule has 2 N–H and O–H groups in total. The predicted octanol–water partition coefficient (Wildman–Crippen LogP) is 6.26. The summed E-state index contributed by atoms with van der Waals surface area (Å²) in [7, 11) is 7.94. The van der Waals surface area contributed by atoms with Gasteiger partial charge in [0, 0.05) is 93.2 Å². The number of methoxy groups -OCH3 is 6. The number of rotatable bonds is 16. The monoisotopic (exact) mass is 858 g/mol. The van der Waals surface area contributed by atoms with Gasteiger partial charge in [-0.15, -0.1) is 0 Å². The van der Waals surface area contributed by atoms with Crippen molar-refractivity contribution in [1.82, 2.24) is 19.9 Å². The Morgan fingerprint density at radius 2 is 0.855 bits per heavy atom. The van der Waals surface area contributed by atoms with E-state index in [1.54, 1.807) is 0 Å². The number of ether oxygens (including phenoxy) is 6. The average molecular weight is 859 g/mol. The van der Waals surface area contributed by atoms with Gasteiger partial charge in [0.15, 0.2) is 0 Å². The van der Waals surface area contributed by atoms with Gasteiger partial charge in [-0.1, -0.05) is 13.8 Å². The van der Waals surface area contributed by atoms with Gasteiger partial charge >= 0.3 is 35.8 Å². The van der Waals surface area contributed by atoms with Gasteiger partial charge in [0.2, 0.25) is 0 Å². The number of hydrogen-bond donors (Lipinski definition) is 2. The zero-order chi connectivity index (χ0) is 45.5. The van der Waals surface area contributed by atoms with Gasteiger partial charge in [0.1, 0.15) is 0 Å². The molecule has 62 heavy (non-hydrogen) atoms. The van der Waals surface area contributed by atoms with Gasteiger partial charge in [-0.25, -0.2) is 0 Å². The molecule has 16 heteroatoms. The van der Waals surface area contributed by atoms with Gasteiger partial charge < -0.3 is 38.4 Å². The summed E-state index contributed by atoms with van der Waals surface area (Å²) in [6.45, 7) is 7.69. The van der Waals surface area contributed by atoms with Crippen LogP contribution >= 0.6 is 0 Å². The lowest BCUT2D eigenvalue weighted by Gasteiger charge is -2.32. The van der Waals surface area contributed by atoms with Crippen LogP contribution in [0.3, 0.4) is 0 Å². The standard InChI is InChI=1S/C46H58N4O12/c1-25-27(11-15-39(51)57-5)33-20-34-28(12-16-40(52)58-6)26(2)32(48-34)21-37-46(4,24-44(56)62-10)30(14-18-42(54)60-8)36(50-37)22-38-45(3,23-43(55)61-9)29(13-17-41(53)59-7)35(49-38)19-31(25)47-33/h19-22,29-30,47-48H,11-18,23-24H2,1-10H3/t29-,30-,45-,46-/m1/s1. The smallest absolute Gasteiger partial charge is 0.306 e. The van der Waals surface area contributed by atoms with E-state index in [1.165, 1.54) is 42.7 Å². The highest BCUT2D eigenvalue weighted by Gasteiger charge is 2.48.